The summed E-state index contributed by atoms with van der Waals surface area (Å²) >= 11 is 0. The number of hydrogen-bond acceptors (Lipinski definition) is 4. The van der Waals surface area contributed by atoms with Crippen molar-refractivity contribution in [2.24, 2.45) is 0 Å². The topological polar surface area (TPSA) is 89.8 Å². The van der Waals surface area contributed by atoms with Gasteiger partial charge in [0.25, 0.3) is 0 Å². The van der Waals surface area contributed by atoms with Crippen LogP contribution in [0.25, 0.3) is 0 Å². The lowest BCUT2D eigenvalue weighted by molar-refractivity contribution is -0.131. The Morgan fingerprint density at radius 2 is 0.719 bits per heavy atom. The third-order valence-corrected chi connectivity index (χ3v) is 12.0. The van der Waals surface area contributed by atoms with Gasteiger partial charge < -0.3 is 20.6 Å². The van der Waals surface area contributed by atoms with E-state index in [0.29, 0.717) is 6.42 Å². The van der Waals surface area contributed by atoms with Crippen LogP contribution in [0.15, 0.2) is 24.3 Å². The molecule has 0 saturated heterocycles. The Balaban J connectivity index is 3.62. The maximum absolute atomic E-state index is 12.5. The molecule has 4 N–H and O–H groups in total. The Morgan fingerprint density at radius 1 is 0.421 bits per heavy atom. The van der Waals surface area contributed by atoms with Crippen LogP contribution in [-0.4, -0.2) is 46.1 Å². The normalized spacial score (nSPS) is 13.6. The van der Waals surface area contributed by atoms with E-state index < -0.39 is 24.2 Å². The summed E-state index contributed by atoms with van der Waals surface area (Å²) in [4.78, 5) is 12.5. The molecule has 0 rings (SSSR count). The summed E-state index contributed by atoms with van der Waals surface area (Å²) in [5.74, 6) is -0.508. The molecule has 0 heterocycles. The van der Waals surface area contributed by atoms with Crippen molar-refractivity contribution in [3.63, 3.8) is 0 Å². The summed E-state index contributed by atoms with van der Waals surface area (Å²) in [6.45, 7) is 4.20. The minimum absolute atomic E-state index is 0.373. The molecule has 57 heavy (non-hydrogen) atoms. The quantitative estimate of drug-likeness (QED) is 0.0364. The van der Waals surface area contributed by atoms with Crippen molar-refractivity contribution in [3.05, 3.63) is 24.3 Å². The standard InChI is InChI=1S/C52H101NO4/c1-3-5-7-9-11-13-15-17-19-21-23-25-26-27-29-31-33-35-37-39-41-43-45-47-51(56)52(57)53-49(48-54)50(55)46-44-42-40-38-36-34-32-30-28-24-22-20-18-16-14-12-10-8-6-4-2/h36,38,44,46,49-51,54-56H,3-35,37,39-43,45,47-48H2,1-2H3,(H,53,57)/b38-36+,46-44+. The first-order valence-electron chi connectivity index (χ1n) is 25.7. The summed E-state index contributed by atoms with van der Waals surface area (Å²) in [7, 11) is 0. The van der Waals surface area contributed by atoms with Crippen LogP contribution in [-0.2, 0) is 4.79 Å². The van der Waals surface area contributed by atoms with Gasteiger partial charge in [-0.2, -0.15) is 0 Å². The predicted octanol–water partition coefficient (Wildman–Crippen LogP) is 15.3. The fraction of sp³-hybridized carbons (Fsp3) is 0.904. The molecule has 0 radical (unpaired) electrons. The number of hydrogen-bond donors (Lipinski definition) is 4. The van der Waals surface area contributed by atoms with Crippen molar-refractivity contribution < 1.29 is 20.1 Å². The van der Waals surface area contributed by atoms with Gasteiger partial charge in [0.1, 0.15) is 6.10 Å². The molecule has 3 atom stereocenters. The van der Waals surface area contributed by atoms with E-state index in [1.807, 2.05) is 6.08 Å². The van der Waals surface area contributed by atoms with E-state index in [1.165, 1.54) is 218 Å². The molecule has 0 aliphatic rings. The Bertz CT molecular complexity index is 844. The molecule has 0 aromatic heterocycles. The van der Waals surface area contributed by atoms with Gasteiger partial charge in [-0.05, 0) is 32.1 Å². The zero-order valence-corrected chi connectivity index (χ0v) is 38.5. The molecule has 0 aliphatic carbocycles. The number of aliphatic hydroxyl groups excluding tert-OH is 3. The molecule has 0 aromatic rings. The van der Waals surface area contributed by atoms with Gasteiger partial charge >= 0.3 is 0 Å². The fourth-order valence-electron chi connectivity index (χ4n) is 8.03. The average molecular weight is 804 g/mol. The monoisotopic (exact) mass is 804 g/mol. The lowest BCUT2D eigenvalue weighted by Gasteiger charge is -2.21. The van der Waals surface area contributed by atoms with E-state index in [-0.39, 0.29) is 6.61 Å². The zero-order valence-electron chi connectivity index (χ0n) is 38.5. The Hall–Kier alpha value is -1.17. The van der Waals surface area contributed by atoms with Crippen molar-refractivity contribution in [1.29, 1.82) is 0 Å². The summed E-state index contributed by atoms with van der Waals surface area (Å²) < 4.78 is 0. The molecule has 0 spiro atoms. The van der Waals surface area contributed by atoms with E-state index in [1.54, 1.807) is 6.08 Å². The number of rotatable bonds is 47. The number of aliphatic hydroxyl groups is 3. The Labute approximate surface area is 356 Å². The third kappa shape index (κ3) is 42.8. The molecule has 0 bridgehead atoms. The highest BCUT2D eigenvalue weighted by Crippen LogP contribution is 2.17. The minimum Gasteiger partial charge on any atom is -0.394 e. The van der Waals surface area contributed by atoms with Crippen molar-refractivity contribution in [2.75, 3.05) is 6.61 Å². The fourth-order valence-corrected chi connectivity index (χ4v) is 8.03. The summed E-state index contributed by atoms with van der Waals surface area (Å²) in [5, 5.41) is 33.3. The minimum atomic E-state index is -1.10. The molecule has 5 nitrogen and oxygen atoms in total. The van der Waals surface area contributed by atoms with E-state index in [9.17, 15) is 20.1 Å². The SMILES string of the molecule is CCCCCCCCCCCCCCCC/C=C/CC/C=C/C(O)C(CO)NC(=O)C(O)CCCCCCCCCCCCCCCCCCCCCCCCC. The second-order valence-corrected chi connectivity index (χ2v) is 17.7. The van der Waals surface area contributed by atoms with Crippen molar-refractivity contribution in [2.45, 2.75) is 295 Å². The highest BCUT2D eigenvalue weighted by molar-refractivity contribution is 5.80. The summed E-state index contributed by atoms with van der Waals surface area (Å²) in [5.41, 5.74) is 0. The van der Waals surface area contributed by atoms with Gasteiger partial charge in [-0.1, -0.05) is 269 Å². The Morgan fingerprint density at radius 3 is 1.07 bits per heavy atom. The summed E-state index contributed by atoms with van der Waals surface area (Å²) in [6.07, 6.45) is 59.5. The molecule has 3 unspecified atom stereocenters. The molecule has 1 amide bonds. The van der Waals surface area contributed by atoms with Crippen LogP contribution in [0, 0.1) is 0 Å². The Kier molecular flexibility index (Phi) is 46.5. The van der Waals surface area contributed by atoms with Crippen LogP contribution in [0.1, 0.15) is 277 Å². The molecule has 0 aliphatic heterocycles. The molecule has 0 fully saturated rings. The number of nitrogens with one attached hydrogen (secondary N) is 1. The van der Waals surface area contributed by atoms with E-state index in [4.69, 9.17) is 0 Å². The molecule has 0 aromatic carbocycles. The van der Waals surface area contributed by atoms with Crippen molar-refractivity contribution in [1.82, 2.24) is 5.32 Å². The predicted molar refractivity (Wildman–Crippen MR) is 250 cm³/mol. The highest BCUT2D eigenvalue weighted by atomic mass is 16.3. The van der Waals surface area contributed by atoms with Crippen LogP contribution < -0.4 is 5.32 Å². The molecule has 0 saturated carbocycles. The third-order valence-electron chi connectivity index (χ3n) is 12.0. The van der Waals surface area contributed by atoms with Crippen LogP contribution in [0.4, 0.5) is 0 Å². The maximum Gasteiger partial charge on any atom is 0.249 e. The van der Waals surface area contributed by atoms with E-state index in [0.717, 1.165) is 38.5 Å². The lowest BCUT2D eigenvalue weighted by Crippen LogP contribution is -2.48. The first kappa shape index (κ1) is 55.8. The second kappa shape index (κ2) is 47.5. The van der Waals surface area contributed by atoms with Crippen LogP contribution >= 0.6 is 0 Å². The van der Waals surface area contributed by atoms with Crippen LogP contribution in [0.5, 0.6) is 0 Å². The van der Waals surface area contributed by atoms with Gasteiger partial charge in [0, 0.05) is 0 Å². The molecular weight excluding hydrogens is 703 g/mol. The number of amides is 1. The largest absolute Gasteiger partial charge is 0.394 e. The van der Waals surface area contributed by atoms with Crippen LogP contribution in [0.3, 0.4) is 0 Å². The van der Waals surface area contributed by atoms with E-state index >= 15 is 0 Å². The number of carbonyl (C=O) groups is 1. The average Bonchev–Trinajstić information content (AvgIpc) is 3.22. The molecule has 5 heteroatoms. The van der Waals surface area contributed by atoms with Gasteiger partial charge in [0.15, 0.2) is 0 Å². The van der Waals surface area contributed by atoms with Gasteiger partial charge in [0.05, 0.1) is 18.8 Å². The smallest absolute Gasteiger partial charge is 0.249 e. The number of unbranched alkanes of at least 4 members (excludes halogenated alkanes) is 37. The highest BCUT2D eigenvalue weighted by Gasteiger charge is 2.22. The first-order valence-corrected chi connectivity index (χ1v) is 25.7. The lowest BCUT2D eigenvalue weighted by atomic mass is 10.0. The first-order chi connectivity index (χ1) is 28.1. The van der Waals surface area contributed by atoms with Gasteiger partial charge in [0.2, 0.25) is 5.91 Å². The van der Waals surface area contributed by atoms with E-state index in [2.05, 4.69) is 31.3 Å². The maximum atomic E-state index is 12.5. The van der Waals surface area contributed by atoms with Crippen LogP contribution in [0.2, 0.25) is 0 Å². The molecule has 338 valence electrons. The number of carbonyl (C=O) groups excluding carboxylic acids is 1. The van der Waals surface area contributed by atoms with Crippen molar-refractivity contribution in [3.8, 4) is 0 Å². The van der Waals surface area contributed by atoms with Gasteiger partial charge in [-0.25, -0.2) is 0 Å². The summed E-state index contributed by atoms with van der Waals surface area (Å²) in [6, 6.07) is -0.811. The van der Waals surface area contributed by atoms with Crippen molar-refractivity contribution >= 4 is 5.91 Å². The zero-order chi connectivity index (χ0) is 41.5. The molecular formula is C52H101NO4. The van der Waals surface area contributed by atoms with Gasteiger partial charge in [-0.3, -0.25) is 4.79 Å². The number of allylic oxidation sites excluding steroid dienone is 3. The van der Waals surface area contributed by atoms with Gasteiger partial charge in [-0.15, -0.1) is 0 Å². The second-order valence-electron chi connectivity index (χ2n) is 17.7.